The summed E-state index contributed by atoms with van der Waals surface area (Å²) in [5.41, 5.74) is 0. The molecular formula is C4H2F4O4. The van der Waals surface area contributed by atoms with Crippen molar-refractivity contribution in [3.63, 3.8) is 0 Å². The fourth-order valence-electron chi connectivity index (χ4n) is 0.531. The quantitative estimate of drug-likeness (QED) is 0.616. The number of halogens is 4. The van der Waals surface area contributed by atoms with Crippen LogP contribution < -0.4 is 0 Å². The van der Waals surface area contributed by atoms with Gasteiger partial charge in [-0.1, -0.05) is 0 Å². The van der Waals surface area contributed by atoms with E-state index in [9.17, 15) is 22.4 Å². The maximum Gasteiger partial charge on any atom is 0.451 e. The van der Waals surface area contributed by atoms with E-state index in [1.165, 1.54) is 0 Å². The maximum absolute atomic E-state index is 12.0. The summed E-state index contributed by atoms with van der Waals surface area (Å²) in [5, 5.41) is 7.96. The lowest BCUT2D eigenvalue weighted by atomic mass is 10.6. The van der Waals surface area contributed by atoms with Crippen LogP contribution in [0.4, 0.5) is 17.6 Å². The molecule has 0 aliphatic carbocycles. The van der Waals surface area contributed by atoms with Crippen LogP contribution in [0.1, 0.15) is 0 Å². The molecule has 0 aromatic rings. The van der Waals surface area contributed by atoms with E-state index in [2.05, 4.69) is 9.47 Å². The minimum atomic E-state index is -4.89. The lowest BCUT2D eigenvalue weighted by Crippen LogP contribution is -2.36. The molecule has 0 radical (unpaired) electrons. The highest BCUT2D eigenvalue weighted by atomic mass is 19.3. The van der Waals surface area contributed by atoms with Crippen LogP contribution in [0.15, 0.2) is 0 Å². The van der Waals surface area contributed by atoms with Crippen molar-refractivity contribution in [1.29, 1.82) is 0 Å². The molecule has 4 nitrogen and oxygen atoms in total. The molecule has 0 spiro atoms. The van der Waals surface area contributed by atoms with Crippen molar-refractivity contribution in [2.24, 2.45) is 0 Å². The molecule has 0 saturated carbocycles. The Morgan fingerprint density at radius 2 is 1.50 bits per heavy atom. The predicted octanol–water partition coefficient (Wildman–Crippen LogP) is 0.629. The van der Waals surface area contributed by atoms with E-state index in [1.54, 1.807) is 0 Å². The van der Waals surface area contributed by atoms with Crippen molar-refractivity contribution in [2.75, 3.05) is 0 Å². The normalized spacial score (nSPS) is 27.3. The molecule has 0 aromatic carbocycles. The summed E-state index contributed by atoms with van der Waals surface area (Å²) < 4.78 is 54.1. The fraction of sp³-hybridized carbons (Fsp3) is 0.750. The van der Waals surface area contributed by atoms with E-state index < -0.39 is 24.5 Å². The first-order valence-electron chi connectivity index (χ1n) is 2.60. The van der Waals surface area contributed by atoms with Crippen LogP contribution in [0.25, 0.3) is 0 Å². The number of aliphatic carboxylic acids is 1. The Morgan fingerprint density at radius 1 is 1.17 bits per heavy atom. The van der Waals surface area contributed by atoms with Gasteiger partial charge in [-0.05, 0) is 0 Å². The Hall–Kier alpha value is -0.890. The molecule has 0 amide bonds. The second-order valence-electron chi connectivity index (χ2n) is 1.94. The number of carbonyl (C=O) groups is 1. The molecule has 0 aromatic heterocycles. The summed E-state index contributed by atoms with van der Waals surface area (Å²) in [6.07, 6.45) is -12.4. The minimum Gasteiger partial charge on any atom is -0.477 e. The van der Waals surface area contributed by atoms with E-state index in [4.69, 9.17) is 5.11 Å². The highest BCUT2D eigenvalue weighted by Gasteiger charge is 2.69. The van der Waals surface area contributed by atoms with E-state index in [1.807, 2.05) is 0 Å². The van der Waals surface area contributed by atoms with Gasteiger partial charge in [0, 0.05) is 0 Å². The van der Waals surface area contributed by atoms with Crippen LogP contribution in [-0.4, -0.2) is 29.6 Å². The topological polar surface area (TPSA) is 55.8 Å². The molecule has 1 saturated heterocycles. The monoisotopic (exact) mass is 190 g/mol. The standard InChI is InChI=1S/C4H2F4O4/c5-3(6)4(7,8)12-2(11-3)1(9)10/h2H,(H,9,10). The summed E-state index contributed by atoms with van der Waals surface area (Å²) in [7, 11) is 0. The molecule has 12 heavy (non-hydrogen) atoms. The predicted molar refractivity (Wildman–Crippen MR) is 23.5 cm³/mol. The van der Waals surface area contributed by atoms with Gasteiger partial charge in [0.25, 0.3) is 6.29 Å². The third kappa shape index (κ3) is 1.23. The number of hydrogen-bond acceptors (Lipinski definition) is 3. The van der Waals surface area contributed by atoms with Crippen molar-refractivity contribution in [3.05, 3.63) is 0 Å². The fourth-order valence-corrected chi connectivity index (χ4v) is 0.531. The maximum atomic E-state index is 12.0. The van der Waals surface area contributed by atoms with Crippen LogP contribution >= 0.6 is 0 Å². The molecule has 1 rings (SSSR count). The van der Waals surface area contributed by atoms with Gasteiger partial charge in [0.2, 0.25) is 0 Å². The number of alkyl halides is 4. The zero-order chi connectivity index (χ0) is 9.57. The number of hydrogen-bond donors (Lipinski definition) is 1. The van der Waals surface area contributed by atoms with Gasteiger partial charge in [-0.25, -0.2) is 4.79 Å². The SMILES string of the molecule is O=C(O)C1OC(F)(F)C(F)(F)O1. The summed E-state index contributed by atoms with van der Waals surface area (Å²) in [4.78, 5) is 9.86. The van der Waals surface area contributed by atoms with Gasteiger partial charge in [-0.15, -0.1) is 0 Å². The highest BCUT2D eigenvalue weighted by Crippen LogP contribution is 2.43. The van der Waals surface area contributed by atoms with Crippen LogP contribution in [-0.2, 0) is 14.3 Å². The Morgan fingerprint density at radius 3 is 1.67 bits per heavy atom. The largest absolute Gasteiger partial charge is 0.477 e. The van der Waals surface area contributed by atoms with Gasteiger partial charge >= 0.3 is 18.2 Å². The molecule has 1 heterocycles. The molecule has 0 atom stereocenters. The molecular weight excluding hydrogens is 188 g/mol. The van der Waals surface area contributed by atoms with E-state index in [0.29, 0.717) is 0 Å². The molecule has 1 N–H and O–H groups in total. The highest BCUT2D eigenvalue weighted by molar-refractivity contribution is 5.71. The van der Waals surface area contributed by atoms with Gasteiger partial charge in [0.1, 0.15) is 0 Å². The van der Waals surface area contributed by atoms with E-state index in [-0.39, 0.29) is 0 Å². The second-order valence-corrected chi connectivity index (χ2v) is 1.94. The van der Waals surface area contributed by atoms with Crippen LogP contribution in [0.5, 0.6) is 0 Å². The molecule has 8 heteroatoms. The Balaban J connectivity index is 2.81. The average Bonchev–Trinajstić information content (AvgIpc) is 2.03. The molecule has 70 valence electrons. The Bertz CT molecular complexity index is 199. The Labute approximate surface area is 62.7 Å². The summed E-state index contributed by atoms with van der Waals surface area (Å²) in [6, 6.07) is 0. The third-order valence-electron chi connectivity index (χ3n) is 1.05. The van der Waals surface area contributed by atoms with Gasteiger partial charge in [-0.3, -0.25) is 9.47 Å². The molecule has 1 aliphatic rings. The summed E-state index contributed by atoms with van der Waals surface area (Å²) >= 11 is 0. The first-order chi connectivity index (χ1) is 5.26. The van der Waals surface area contributed by atoms with Gasteiger partial charge in [0.05, 0.1) is 0 Å². The third-order valence-corrected chi connectivity index (χ3v) is 1.05. The van der Waals surface area contributed by atoms with Crippen LogP contribution in [0, 0.1) is 0 Å². The van der Waals surface area contributed by atoms with Crippen LogP contribution in [0.3, 0.4) is 0 Å². The first-order valence-corrected chi connectivity index (χ1v) is 2.60. The van der Waals surface area contributed by atoms with Crippen molar-refractivity contribution in [3.8, 4) is 0 Å². The lowest BCUT2D eigenvalue weighted by Gasteiger charge is -2.12. The lowest BCUT2D eigenvalue weighted by molar-refractivity contribution is -0.344. The van der Waals surface area contributed by atoms with E-state index >= 15 is 0 Å². The van der Waals surface area contributed by atoms with Gasteiger partial charge < -0.3 is 5.11 Å². The number of carboxylic acids is 1. The number of rotatable bonds is 1. The van der Waals surface area contributed by atoms with Crippen molar-refractivity contribution in [2.45, 2.75) is 18.5 Å². The molecule has 1 fully saturated rings. The smallest absolute Gasteiger partial charge is 0.451 e. The summed E-state index contributed by atoms with van der Waals surface area (Å²) in [6.45, 7) is 0. The summed E-state index contributed by atoms with van der Waals surface area (Å²) in [5.74, 6) is -2.04. The number of ether oxygens (including phenoxy) is 2. The Kier molecular flexibility index (Phi) is 1.76. The molecule has 1 aliphatic heterocycles. The van der Waals surface area contributed by atoms with Gasteiger partial charge in [0.15, 0.2) is 0 Å². The number of carboxylic acid groups (broad SMARTS) is 1. The van der Waals surface area contributed by atoms with Crippen molar-refractivity contribution < 1.29 is 36.9 Å². The van der Waals surface area contributed by atoms with E-state index in [0.717, 1.165) is 0 Å². The minimum absolute atomic E-state index is 2.04. The average molecular weight is 190 g/mol. The van der Waals surface area contributed by atoms with Crippen molar-refractivity contribution in [1.82, 2.24) is 0 Å². The van der Waals surface area contributed by atoms with Gasteiger partial charge in [-0.2, -0.15) is 17.6 Å². The molecule has 0 unspecified atom stereocenters. The second kappa shape index (κ2) is 2.30. The first kappa shape index (κ1) is 9.20. The zero-order valence-electron chi connectivity index (χ0n) is 5.26. The van der Waals surface area contributed by atoms with Crippen LogP contribution in [0.2, 0.25) is 0 Å². The molecule has 0 bridgehead atoms. The van der Waals surface area contributed by atoms with Crippen molar-refractivity contribution >= 4 is 5.97 Å². The zero-order valence-corrected chi connectivity index (χ0v) is 5.26.